The zero-order valence-corrected chi connectivity index (χ0v) is 16.3. The maximum atomic E-state index is 12.7. The number of carbonyl (C=O) groups excluding carboxylic acids is 1. The molecule has 2 aromatic carbocycles. The topological polar surface area (TPSA) is 50.8 Å². The van der Waals surface area contributed by atoms with Crippen molar-refractivity contribution >= 4 is 11.6 Å². The van der Waals surface area contributed by atoms with Gasteiger partial charge in [0.2, 0.25) is 5.91 Å². The minimum atomic E-state index is -0.0844. The molecule has 3 rings (SSSR count). The lowest BCUT2D eigenvalue weighted by atomic mass is 9.95. The van der Waals surface area contributed by atoms with E-state index in [2.05, 4.69) is 19.2 Å². The molecule has 0 radical (unpaired) electrons. The third kappa shape index (κ3) is 4.94. The number of carbonyl (C=O) groups is 1. The summed E-state index contributed by atoms with van der Waals surface area (Å²) in [6, 6.07) is 15.8. The summed E-state index contributed by atoms with van der Waals surface area (Å²) >= 11 is 0. The Morgan fingerprint density at radius 3 is 2.48 bits per heavy atom. The summed E-state index contributed by atoms with van der Waals surface area (Å²) in [5.41, 5.74) is 2.05. The van der Waals surface area contributed by atoms with E-state index >= 15 is 0 Å². The van der Waals surface area contributed by atoms with Gasteiger partial charge in [0, 0.05) is 19.2 Å². The second-order valence-corrected chi connectivity index (χ2v) is 7.24. The van der Waals surface area contributed by atoms with E-state index in [4.69, 9.17) is 9.47 Å². The molecule has 0 spiro atoms. The molecule has 0 unspecified atom stereocenters. The number of hydrogen-bond acceptors (Lipinski definition) is 4. The highest BCUT2D eigenvalue weighted by Crippen LogP contribution is 2.34. The van der Waals surface area contributed by atoms with Crippen molar-refractivity contribution in [2.24, 2.45) is 5.92 Å². The lowest BCUT2D eigenvalue weighted by Crippen LogP contribution is -2.39. The first-order valence-corrected chi connectivity index (χ1v) is 9.49. The number of benzene rings is 2. The minimum absolute atomic E-state index is 0.00726. The van der Waals surface area contributed by atoms with Crippen LogP contribution in [0.5, 0.6) is 11.5 Å². The number of anilines is 1. The fourth-order valence-electron chi connectivity index (χ4n) is 3.22. The van der Waals surface area contributed by atoms with Crippen molar-refractivity contribution < 1.29 is 14.3 Å². The Morgan fingerprint density at radius 2 is 1.78 bits per heavy atom. The van der Waals surface area contributed by atoms with Gasteiger partial charge in [0.05, 0.1) is 25.8 Å². The summed E-state index contributed by atoms with van der Waals surface area (Å²) in [6.07, 6.45) is 0.875. The molecule has 144 valence electrons. The molecule has 0 bridgehead atoms. The first kappa shape index (κ1) is 19.1. The lowest BCUT2D eigenvalue weighted by molar-refractivity contribution is -0.120. The quantitative estimate of drug-likeness (QED) is 0.843. The van der Waals surface area contributed by atoms with Crippen molar-refractivity contribution in [1.29, 1.82) is 0 Å². The van der Waals surface area contributed by atoms with Gasteiger partial charge >= 0.3 is 0 Å². The molecule has 1 atom stereocenters. The van der Waals surface area contributed by atoms with Gasteiger partial charge in [-0.3, -0.25) is 4.79 Å². The second kappa shape index (κ2) is 8.80. The van der Waals surface area contributed by atoms with Crippen LogP contribution < -0.4 is 19.7 Å². The fourth-order valence-corrected chi connectivity index (χ4v) is 3.22. The summed E-state index contributed by atoms with van der Waals surface area (Å²) in [6.45, 7) is 5.83. The maximum Gasteiger partial charge on any atom is 0.239 e. The summed E-state index contributed by atoms with van der Waals surface area (Å²) in [5.74, 6) is 1.77. The van der Waals surface area contributed by atoms with Crippen LogP contribution in [0.3, 0.4) is 0 Å². The van der Waals surface area contributed by atoms with Gasteiger partial charge in [0.15, 0.2) is 11.5 Å². The van der Waals surface area contributed by atoms with Crippen molar-refractivity contribution in [1.82, 2.24) is 5.32 Å². The Kier molecular flexibility index (Phi) is 6.22. The zero-order chi connectivity index (χ0) is 19.2. The smallest absolute Gasteiger partial charge is 0.239 e. The van der Waals surface area contributed by atoms with E-state index in [1.54, 1.807) is 0 Å². The first-order chi connectivity index (χ1) is 13.0. The lowest BCUT2D eigenvalue weighted by Gasteiger charge is -2.26. The number of rotatable bonds is 6. The van der Waals surface area contributed by atoms with E-state index in [1.165, 1.54) is 0 Å². The van der Waals surface area contributed by atoms with Crippen LogP contribution in [-0.4, -0.2) is 32.7 Å². The van der Waals surface area contributed by atoms with Gasteiger partial charge < -0.3 is 19.7 Å². The van der Waals surface area contributed by atoms with Crippen LogP contribution in [-0.2, 0) is 4.79 Å². The van der Waals surface area contributed by atoms with Crippen LogP contribution in [0.1, 0.15) is 31.9 Å². The molecule has 27 heavy (non-hydrogen) atoms. The standard InChI is InChI=1S/C22H28N2O3/c1-16(2)22(17-10-11-19-20(14-17)27-13-7-12-26-19)23-21(25)15-24(3)18-8-5-4-6-9-18/h4-6,8-11,14,16,22H,7,12-13,15H2,1-3H3,(H,23,25)/t22-/m0/s1. The molecule has 0 aliphatic carbocycles. The summed E-state index contributed by atoms with van der Waals surface area (Å²) in [4.78, 5) is 14.6. The molecule has 1 aliphatic heterocycles. The van der Waals surface area contributed by atoms with Crippen molar-refractivity contribution in [3.8, 4) is 11.5 Å². The molecule has 1 heterocycles. The molecule has 1 N–H and O–H groups in total. The number of nitrogens with one attached hydrogen (secondary N) is 1. The van der Waals surface area contributed by atoms with Gasteiger partial charge in [-0.2, -0.15) is 0 Å². The number of hydrogen-bond donors (Lipinski definition) is 1. The predicted molar refractivity (Wildman–Crippen MR) is 107 cm³/mol. The Morgan fingerprint density at radius 1 is 1.07 bits per heavy atom. The molecule has 0 aromatic heterocycles. The predicted octanol–water partition coefficient (Wildman–Crippen LogP) is 3.80. The highest BCUT2D eigenvalue weighted by atomic mass is 16.5. The van der Waals surface area contributed by atoms with Gasteiger partial charge in [-0.15, -0.1) is 0 Å². The van der Waals surface area contributed by atoms with Gasteiger partial charge in [0.25, 0.3) is 0 Å². The number of ether oxygens (including phenoxy) is 2. The highest BCUT2D eigenvalue weighted by Gasteiger charge is 2.21. The normalized spacial score (nSPS) is 14.4. The molecule has 1 aliphatic rings. The largest absolute Gasteiger partial charge is 0.490 e. The fraction of sp³-hybridized carbons (Fsp3) is 0.409. The Bertz CT molecular complexity index is 761. The van der Waals surface area contributed by atoms with Crippen LogP contribution in [0.2, 0.25) is 0 Å². The van der Waals surface area contributed by atoms with Crippen molar-refractivity contribution in [3.05, 3.63) is 54.1 Å². The van der Waals surface area contributed by atoms with E-state index in [0.717, 1.165) is 29.2 Å². The Labute approximate surface area is 161 Å². The van der Waals surface area contributed by atoms with Gasteiger partial charge in [0.1, 0.15) is 0 Å². The third-order valence-corrected chi connectivity index (χ3v) is 4.69. The van der Waals surface area contributed by atoms with E-state index in [9.17, 15) is 4.79 Å². The van der Waals surface area contributed by atoms with Crippen molar-refractivity contribution in [2.45, 2.75) is 26.3 Å². The van der Waals surface area contributed by atoms with Crippen LogP contribution in [0.25, 0.3) is 0 Å². The van der Waals surface area contributed by atoms with E-state index in [1.807, 2.05) is 60.5 Å². The molecule has 2 aromatic rings. The summed E-state index contributed by atoms with van der Waals surface area (Å²) in [7, 11) is 1.92. The van der Waals surface area contributed by atoms with E-state index in [-0.39, 0.29) is 17.9 Å². The maximum absolute atomic E-state index is 12.7. The number of amides is 1. The van der Waals surface area contributed by atoms with Crippen LogP contribution in [0.15, 0.2) is 48.5 Å². The number of likely N-dealkylation sites (N-methyl/N-ethyl adjacent to an activating group) is 1. The SMILES string of the molecule is CC(C)[C@H](NC(=O)CN(C)c1ccccc1)c1ccc2c(c1)OCCCO2. The Hall–Kier alpha value is -2.69. The van der Waals surface area contributed by atoms with Crippen LogP contribution in [0, 0.1) is 5.92 Å². The van der Waals surface area contributed by atoms with E-state index in [0.29, 0.717) is 19.8 Å². The van der Waals surface area contributed by atoms with Gasteiger partial charge in [-0.05, 0) is 35.7 Å². The molecule has 0 saturated carbocycles. The third-order valence-electron chi connectivity index (χ3n) is 4.69. The number of fused-ring (bicyclic) bond motifs is 1. The summed E-state index contributed by atoms with van der Waals surface area (Å²) in [5, 5.41) is 3.18. The van der Waals surface area contributed by atoms with Gasteiger partial charge in [-0.25, -0.2) is 0 Å². The van der Waals surface area contributed by atoms with Crippen molar-refractivity contribution in [2.75, 3.05) is 31.7 Å². The first-order valence-electron chi connectivity index (χ1n) is 9.49. The van der Waals surface area contributed by atoms with Crippen molar-refractivity contribution in [3.63, 3.8) is 0 Å². The molecule has 5 heteroatoms. The van der Waals surface area contributed by atoms with Crippen LogP contribution in [0.4, 0.5) is 5.69 Å². The average Bonchev–Trinajstić information content (AvgIpc) is 2.91. The zero-order valence-electron chi connectivity index (χ0n) is 16.3. The van der Waals surface area contributed by atoms with E-state index < -0.39 is 0 Å². The molecule has 5 nitrogen and oxygen atoms in total. The minimum Gasteiger partial charge on any atom is -0.490 e. The molecule has 1 amide bonds. The van der Waals surface area contributed by atoms with Crippen LogP contribution >= 0.6 is 0 Å². The highest BCUT2D eigenvalue weighted by molar-refractivity contribution is 5.81. The molecule has 0 saturated heterocycles. The van der Waals surface area contributed by atoms with Gasteiger partial charge in [-0.1, -0.05) is 38.1 Å². The summed E-state index contributed by atoms with van der Waals surface area (Å²) < 4.78 is 11.5. The molecule has 0 fully saturated rings. The average molecular weight is 368 g/mol. The number of nitrogens with zero attached hydrogens (tertiary/aromatic N) is 1. The molecular weight excluding hydrogens is 340 g/mol. The molecular formula is C22H28N2O3. The second-order valence-electron chi connectivity index (χ2n) is 7.24. The Balaban J connectivity index is 1.70. The number of para-hydroxylation sites is 1. The monoisotopic (exact) mass is 368 g/mol.